The van der Waals surface area contributed by atoms with Crippen LogP contribution in [-0.2, 0) is 23.9 Å². The second kappa shape index (κ2) is 10.5. The summed E-state index contributed by atoms with van der Waals surface area (Å²) in [6, 6.07) is 7.73. The largest absolute Gasteiger partial charge is 0.446 e. The summed E-state index contributed by atoms with van der Waals surface area (Å²) in [7, 11) is 0. The Morgan fingerprint density at radius 3 is 2.50 bits per heavy atom. The minimum Gasteiger partial charge on any atom is -0.446 e. The molecule has 0 spiro atoms. The summed E-state index contributed by atoms with van der Waals surface area (Å²) >= 11 is 6.16. The summed E-state index contributed by atoms with van der Waals surface area (Å²) in [5, 5.41) is 4.25. The van der Waals surface area contributed by atoms with Crippen molar-refractivity contribution < 1.29 is 22.7 Å². The maximum absolute atomic E-state index is 12.7. The first-order chi connectivity index (χ1) is 17.1. The molecule has 0 fully saturated rings. The molecule has 0 saturated carbocycles. The van der Waals surface area contributed by atoms with E-state index in [9.17, 15) is 18.0 Å². The van der Waals surface area contributed by atoms with E-state index in [1.807, 2.05) is 19.9 Å². The topological polar surface area (TPSA) is 81.9 Å². The fourth-order valence-corrected chi connectivity index (χ4v) is 3.64. The van der Waals surface area contributed by atoms with Gasteiger partial charge in [0.2, 0.25) is 0 Å². The predicted molar refractivity (Wildman–Crippen MR) is 130 cm³/mol. The van der Waals surface area contributed by atoms with E-state index >= 15 is 0 Å². The number of carbonyl (C=O) groups excluding carboxylic acids is 1. The summed E-state index contributed by atoms with van der Waals surface area (Å²) in [4.78, 5) is 24.8. The van der Waals surface area contributed by atoms with Gasteiger partial charge in [-0.15, -0.1) is 0 Å². The van der Waals surface area contributed by atoms with Gasteiger partial charge in [-0.25, -0.2) is 19.3 Å². The number of ether oxygens (including phenoxy) is 1. The number of carbonyl (C=O) groups is 1. The number of fused-ring (bicyclic) bond motifs is 1. The van der Waals surface area contributed by atoms with Crippen LogP contribution < -0.4 is 5.32 Å². The molecule has 4 aromatic heterocycles. The van der Waals surface area contributed by atoms with Crippen molar-refractivity contribution in [2.45, 2.75) is 45.5 Å². The first kappa shape index (κ1) is 25.4. The Morgan fingerprint density at radius 2 is 1.86 bits per heavy atom. The molecular weight excluding hydrogens is 495 g/mol. The van der Waals surface area contributed by atoms with Crippen LogP contribution in [0.2, 0.25) is 5.02 Å². The molecule has 0 aliphatic heterocycles. The number of pyridine rings is 3. The molecule has 36 heavy (non-hydrogen) atoms. The van der Waals surface area contributed by atoms with Crippen molar-refractivity contribution in [2.75, 3.05) is 5.32 Å². The highest BCUT2D eigenvalue weighted by Gasteiger charge is 2.32. The highest BCUT2D eigenvalue weighted by Crippen LogP contribution is 2.28. The number of rotatable bonds is 7. The van der Waals surface area contributed by atoms with Crippen molar-refractivity contribution in [1.29, 1.82) is 0 Å². The van der Waals surface area contributed by atoms with E-state index in [-0.39, 0.29) is 12.6 Å². The van der Waals surface area contributed by atoms with Gasteiger partial charge in [0, 0.05) is 43.1 Å². The van der Waals surface area contributed by atoms with Crippen LogP contribution in [0, 0.1) is 0 Å². The molecule has 4 aromatic rings. The number of hydrogen-bond acceptors (Lipinski definition) is 6. The molecule has 0 saturated heterocycles. The highest BCUT2D eigenvalue weighted by atomic mass is 35.5. The average Bonchev–Trinajstić information content (AvgIpc) is 3.20. The zero-order chi connectivity index (χ0) is 25.9. The Morgan fingerprint density at radius 1 is 1.11 bits per heavy atom. The Labute approximate surface area is 210 Å². The summed E-state index contributed by atoms with van der Waals surface area (Å²) < 4.78 is 44.8. The average molecular weight is 518 g/mol. The molecule has 1 N–H and O–H groups in total. The number of alkyl halides is 3. The van der Waals surface area contributed by atoms with Gasteiger partial charge in [0.25, 0.3) is 0 Å². The van der Waals surface area contributed by atoms with Crippen molar-refractivity contribution >= 4 is 34.5 Å². The van der Waals surface area contributed by atoms with Crippen molar-refractivity contribution in [1.82, 2.24) is 19.5 Å². The first-order valence-corrected chi connectivity index (χ1v) is 11.6. The molecule has 0 aliphatic carbocycles. The van der Waals surface area contributed by atoms with Gasteiger partial charge in [-0.05, 0) is 48.2 Å². The second-order valence-electron chi connectivity index (χ2n) is 8.28. The lowest BCUT2D eigenvalue weighted by Crippen LogP contribution is -2.19. The molecule has 1 unspecified atom stereocenters. The van der Waals surface area contributed by atoms with E-state index in [1.54, 1.807) is 24.5 Å². The third-order valence-corrected chi connectivity index (χ3v) is 5.78. The highest BCUT2D eigenvalue weighted by molar-refractivity contribution is 6.31. The van der Waals surface area contributed by atoms with Crippen molar-refractivity contribution in [3.8, 4) is 0 Å². The van der Waals surface area contributed by atoms with E-state index in [1.165, 1.54) is 23.0 Å². The quantitative estimate of drug-likeness (QED) is 0.302. The minimum absolute atomic E-state index is 0.228. The molecule has 11 heteroatoms. The Hall–Kier alpha value is -3.66. The number of halogens is 4. The smallest absolute Gasteiger partial charge is 0.433 e. The van der Waals surface area contributed by atoms with Crippen LogP contribution >= 0.6 is 11.6 Å². The van der Waals surface area contributed by atoms with Gasteiger partial charge >= 0.3 is 12.3 Å². The molecule has 0 aliphatic rings. The summed E-state index contributed by atoms with van der Waals surface area (Å²) in [6.07, 6.45) is 2.01. The van der Waals surface area contributed by atoms with Gasteiger partial charge < -0.3 is 10.1 Å². The van der Waals surface area contributed by atoms with E-state index in [0.717, 1.165) is 22.6 Å². The van der Waals surface area contributed by atoms with Gasteiger partial charge in [0.1, 0.15) is 23.3 Å². The fourth-order valence-electron chi connectivity index (χ4n) is 3.48. The summed E-state index contributed by atoms with van der Waals surface area (Å²) in [5.41, 5.74) is 1.83. The number of nitrogens with one attached hydrogen (secondary N) is 1. The van der Waals surface area contributed by atoms with Crippen LogP contribution in [-0.4, -0.2) is 31.7 Å². The molecule has 4 rings (SSSR count). The van der Waals surface area contributed by atoms with Crippen molar-refractivity contribution in [3.63, 3.8) is 0 Å². The van der Waals surface area contributed by atoms with Crippen molar-refractivity contribution in [3.05, 3.63) is 82.5 Å². The van der Waals surface area contributed by atoms with Gasteiger partial charge in [0.05, 0.1) is 5.02 Å². The molecule has 0 aromatic carbocycles. The van der Waals surface area contributed by atoms with Gasteiger partial charge in [0.15, 0.2) is 0 Å². The van der Waals surface area contributed by atoms with Gasteiger partial charge in [-0.3, -0.25) is 4.98 Å². The number of aromatic nitrogens is 4. The molecule has 0 bridgehead atoms. The van der Waals surface area contributed by atoms with E-state index in [0.29, 0.717) is 34.9 Å². The molecule has 4 heterocycles. The number of nitrogens with zero attached hydrogens (tertiary/aromatic N) is 4. The number of anilines is 1. The van der Waals surface area contributed by atoms with Crippen LogP contribution in [0.25, 0.3) is 11.0 Å². The monoisotopic (exact) mass is 517 g/mol. The Kier molecular flexibility index (Phi) is 7.44. The molecular formula is C25H23ClF3N5O2. The fraction of sp³-hybridized carbons (Fsp3) is 0.280. The molecule has 7 nitrogen and oxygen atoms in total. The third kappa shape index (κ3) is 5.93. The lowest BCUT2D eigenvalue weighted by Gasteiger charge is -2.11. The summed E-state index contributed by atoms with van der Waals surface area (Å²) in [6.45, 7) is 4.03. The van der Waals surface area contributed by atoms with Crippen molar-refractivity contribution in [2.24, 2.45) is 0 Å². The van der Waals surface area contributed by atoms with Gasteiger partial charge in [-0.1, -0.05) is 30.7 Å². The zero-order valence-electron chi connectivity index (χ0n) is 19.5. The van der Waals surface area contributed by atoms with Gasteiger partial charge in [-0.2, -0.15) is 13.2 Å². The number of hydrogen-bond donors (Lipinski definition) is 1. The van der Waals surface area contributed by atoms with Crippen LogP contribution in [0.15, 0.2) is 55.1 Å². The third-order valence-electron chi connectivity index (χ3n) is 5.57. The van der Waals surface area contributed by atoms with E-state index in [4.69, 9.17) is 16.3 Å². The standard InChI is InChI=1S/C25H23ClF3N5O2/c1-3-15(2)36-24(35)34-14-18(20-9-19(26)13-33-23(20)34)8-16-5-7-22(31-10-16)32-12-17-4-6-21(30-11-17)25(27,28)29/h4-7,9-11,13-15H,3,8,12H2,1-2H3,(H,31,32). The molecule has 0 radical (unpaired) electrons. The summed E-state index contributed by atoms with van der Waals surface area (Å²) in [5.74, 6) is 0.558. The minimum atomic E-state index is -4.47. The van der Waals surface area contributed by atoms with Crippen LogP contribution in [0.4, 0.5) is 23.8 Å². The maximum atomic E-state index is 12.7. The Bertz CT molecular complexity index is 1360. The lowest BCUT2D eigenvalue weighted by molar-refractivity contribution is -0.141. The lowest BCUT2D eigenvalue weighted by atomic mass is 10.1. The molecule has 188 valence electrons. The van der Waals surface area contributed by atoms with Crippen LogP contribution in [0.5, 0.6) is 0 Å². The van der Waals surface area contributed by atoms with E-state index < -0.39 is 18.0 Å². The second-order valence-corrected chi connectivity index (χ2v) is 8.72. The predicted octanol–water partition coefficient (Wildman–Crippen LogP) is 6.48. The van der Waals surface area contributed by atoms with E-state index in [2.05, 4.69) is 20.3 Å². The van der Waals surface area contributed by atoms with Crippen LogP contribution in [0.1, 0.15) is 42.7 Å². The Balaban J connectivity index is 1.47. The maximum Gasteiger partial charge on any atom is 0.433 e. The molecule has 1 atom stereocenters. The normalized spacial score (nSPS) is 12.5. The van der Waals surface area contributed by atoms with Crippen LogP contribution in [0.3, 0.4) is 0 Å². The first-order valence-electron chi connectivity index (χ1n) is 11.2. The SMILES string of the molecule is CCC(C)OC(=O)n1cc(Cc2ccc(NCc3ccc(C(F)(F)F)nc3)nc2)c2cc(Cl)cnc21. The zero-order valence-corrected chi connectivity index (χ0v) is 20.3. The molecule has 0 amide bonds.